The molecule has 1 aromatic carbocycles. The summed E-state index contributed by atoms with van der Waals surface area (Å²) in [7, 11) is 1.64. The number of ether oxygens (including phenoxy) is 2. The molecule has 27 heavy (non-hydrogen) atoms. The Balaban J connectivity index is 1.72. The van der Waals surface area contributed by atoms with E-state index in [1.165, 1.54) is 0 Å². The van der Waals surface area contributed by atoms with Gasteiger partial charge in [0.25, 0.3) is 5.56 Å². The van der Waals surface area contributed by atoms with Crippen molar-refractivity contribution < 1.29 is 9.47 Å². The summed E-state index contributed by atoms with van der Waals surface area (Å²) >= 11 is 0. The summed E-state index contributed by atoms with van der Waals surface area (Å²) < 4.78 is 14.4. The first kappa shape index (κ1) is 17.6. The van der Waals surface area contributed by atoms with Crippen LogP contribution in [0, 0.1) is 6.92 Å². The molecule has 1 aliphatic heterocycles. The van der Waals surface area contributed by atoms with E-state index >= 15 is 0 Å². The van der Waals surface area contributed by atoms with Crippen LogP contribution in [0.15, 0.2) is 41.5 Å². The average molecular weight is 368 g/mol. The average Bonchev–Trinajstić information content (AvgIpc) is 3.09. The molecule has 1 fully saturated rings. The number of aryl methyl sites for hydroxylation is 1. The van der Waals surface area contributed by atoms with Crippen LogP contribution >= 0.6 is 0 Å². The van der Waals surface area contributed by atoms with Crippen molar-refractivity contribution >= 4 is 11.5 Å². The Kier molecular flexibility index (Phi) is 4.61. The van der Waals surface area contributed by atoms with E-state index in [0.717, 1.165) is 29.5 Å². The summed E-state index contributed by atoms with van der Waals surface area (Å²) in [6.45, 7) is 6.69. The van der Waals surface area contributed by atoms with Gasteiger partial charge in [0, 0.05) is 18.4 Å². The summed E-state index contributed by atoms with van der Waals surface area (Å²) in [6, 6.07) is 8.00. The van der Waals surface area contributed by atoms with Crippen molar-refractivity contribution in [2.24, 2.45) is 0 Å². The molecule has 7 nitrogen and oxygen atoms in total. The second-order valence-corrected chi connectivity index (χ2v) is 6.94. The van der Waals surface area contributed by atoms with Gasteiger partial charge < -0.3 is 18.9 Å². The first-order valence-electron chi connectivity index (χ1n) is 9.13. The van der Waals surface area contributed by atoms with Gasteiger partial charge in [0.1, 0.15) is 11.3 Å². The molecule has 0 aliphatic carbocycles. The van der Waals surface area contributed by atoms with Crippen molar-refractivity contribution in [1.82, 2.24) is 14.0 Å². The maximum absolute atomic E-state index is 13.1. The fourth-order valence-electron chi connectivity index (χ4n) is 3.54. The minimum Gasteiger partial charge on any atom is -0.497 e. The van der Waals surface area contributed by atoms with Gasteiger partial charge in [-0.25, -0.2) is 4.98 Å². The van der Waals surface area contributed by atoms with Crippen LogP contribution < -0.4 is 15.2 Å². The number of morpholine rings is 1. The van der Waals surface area contributed by atoms with E-state index in [-0.39, 0.29) is 11.6 Å². The quantitative estimate of drug-likeness (QED) is 0.706. The van der Waals surface area contributed by atoms with Crippen LogP contribution in [0.25, 0.3) is 5.52 Å². The van der Waals surface area contributed by atoms with E-state index in [0.29, 0.717) is 25.3 Å². The highest BCUT2D eigenvalue weighted by molar-refractivity contribution is 5.53. The highest BCUT2D eigenvalue weighted by atomic mass is 16.5. The van der Waals surface area contributed by atoms with E-state index < -0.39 is 0 Å². The molecule has 1 atom stereocenters. The first-order chi connectivity index (χ1) is 13.1. The molecule has 2 aromatic heterocycles. The summed E-state index contributed by atoms with van der Waals surface area (Å²) in [4.78, 5) is 19.8. The Morgan fingerprint density at radius 3 is 2.78 bits per heavy atom. The van der Waals surface area contributed by atoms with Gasteiger partial charge in [-0.1, -0.05) is 12.1 Å². The minimum atomic E-state index is -0.0366. The molecule has 0 unspecified atom stereocenters. The highest BCUT2D eigenvalue weighted by Crippen LogP contribution is 2.20. The van der Waals surface area contributed by atoms with Gasteiger partial charge in [-0.15, -0.1) is 0 Å². The topological polar surface area (TPSA) is 61.0 Å². The molecule has 0 amide bonds. The van der Waals surface area contributed by atoms with Crippen LogP contribution in [0.2, 0.25) is 0 Å². The zero-order chi connectivity index (χ0) is 19.0. The number of hydrogen-bond acceptors (Lipinski definition) is 5. The number of nitrogens with zero attached hydrogens (tertiary/aromatic N) is 4. The zero-order valence-electron chi connectivity index (χ0n) is 15.9. The van der Waals surface area contributed by atoms with E-state index in [1.54, 1.807) is 17.9 Å². The van der Waals surface area contributed by atoms with Crippen molar-refractivity contribution in [2.75, 3.05) is 31.8 Å². The van der Waals surface area contributed by atoms with Gasteiger partial charge in [-0.3, -0.25) is 9.20 Å². The van der Waals surface area contributed by atoms with Crippen molar-refractivity contribution in [3.63, 3.8) is 0 Å². The summed E-state index contributed by atoms with van der Waals surface area (Å²) in [5.41, 5.74) is 2.49. The second-order valence-electron chi connectivity index (χ2n) is 6.94. The maximum Gasteiger partial charge on any atom is 0.277 e. The van der Waals surface area contributed by atoms with Crippen LogP contribution in [0.4, 0.5) is 5.95 Å². The molecule has 142 valence electrons. The third kappa shape index (κ3) is 3.19. The number of aromatic nitrogens is 3. The number of anilines is 1. The van der Waals surface area contributed by atoms with Gasteiger partial charge in [0.15, 0.2) is 0 Å². The Bertz CT molecular complexity index is 1010. The van der Waals surface area contributed by atoms with Crippen LogP contribution in [-0.4, -0.2) is 46.9 Å². The second kappa shape index (κ2) is 7.08. The van der Waals surface area contributed by atoms with Crippen LogP contribution in [-0.2, 0) is 11.3 Å². The van der Waals surface area contributed by atoms with E-state index in [9.17, 15) is 4.79 Å². The molecular formula is C20H24N4O3. The first-order valence-corrected chi connectivity index (χ1v) is 9.13. The van der Waals surface area contributed by atoms with Gasteiger partial charge in [0.05, 0.1) is 39.1 Å². The third-order valence-corrected chi connectivity index (χ3v) is 5.11. The number of benzene rings is 1. The zero-order valence-corrected chi connectivity index (χ0v) is 15.9. The Labute approximate surface area is 157 Å². The number of rotatable bonds is 4. The predicted molar refractivity (Wildman–Crippen MR) is 104 cm³/mol. The molecule has 3 aromatic rings. The fourth-order valence-corrected chi connectivity index (χ4v) is 3.54. The molecule has 0 saturated carbocycles. The van der Waals surface area contributed by atoms with E-state index in [1.807, 2.05) is 41.8 Å². The van der Waals surface area contributed by atoms with Crippen molar-refractivity contribution in [3.05, 3.63) is 58.3 Å². The summed E-state index contributed by atoms with van der Waals surface area (Å²) in [6.07, 6.45) is 3.66. The number of methoxy groups -OCH3 is 1. The number of fused-ring (bicyclic) bond motifs is 1. The molecule has 0 radical (unpaired) electrons. The van der Waals surface area contributed by atoms with Gasteiger partial charge >= 0.3 is 0 Å². The Morgan fingerprint density at radius 2 is 2.07 bits per heavy atom. The number of imidazole rings is 1. The molecule has 3 heterocycles. The Morgan fingerprint density at radius 1 is 1.30 bits per heavy atom. The third-order valence-electron chi connectivity index (χ3n) is 5.11. The molecule has 0 spiro atoms. The van der Waals surface area contributed by atoms with Crippen LogP contribution in [0.1, 0.15) is 18.2 Å². The van der Waals surface area contributed by atoms with E-state index in [2.05, 4.69) is 16.8 Å². The van der Waals surface area contributed by atoms with E-state index in [4.69, 9.17) is 9.47 Å². The lowest BCUT2D eigenvalue weighted by molar-refractivity contribution is 0.0980. The summed E-state index contributed by atoms with van der Waals surface area (Å²) in [5.74, 6) is 1.61. The lowest BCUT2D eigenvalue weighted by Gasteiger charge is -2.33. The molecule has 1 saturated heterocycles. The van der Waals surface area contributed by atoms with Crippen molar-refractivity contribution in [2.45, 2.75) is 26.4 Å². The SMILES string of the molecule is COc1ccc(Cn2c(C)cn3c(N4CCOC[C@@H]4C)ncc3c2=O)cc1. The molecule has 7 heteroatoms. The smallest absolute Gasteiger partial charge is 0.277 e. The lowest BCUT2D eigenvalue weighted by Crippen LogP contribution is -2.44. The normalized spacial score (nSPS) is 17.4. The monoisotopic (exact) mass is 368 g/mol. The minimum absolute atomic E-state index is 0.0366. The summed E-state index contributed by atoms with van der Waals surface area (Å²) in [5, 5.41) is 0. The molecular weight excluding hydrogens is 344 g/mol. The van der Waals surface area contributed by atoms with Gasteiger partial charge in [-0.2, -0.15) is 0 Å². The Hall–Kier alpha value is -2.80. The highest BCUT2D eigenvalue weighted by Gasteiger charge is 2.23. The molecule has 4 rings (SSSR count). The molecule has 0 N–H and O–H groups in total. The van der Waals surface area contributed by atoms with Crippen LogP contribution in [0.5, 0.6) is 5.75 Å². The lowest BCUT2D eigenvalue weighted by atomic mass is 10.2. The largest absolute Gasteiger partial charge is 0.497 e. The molecule has 0 bridgehead atoms. The predicted octanol–water partition coefficient (Wildman–Crippen LogP) is 2.09. The maximum atomic E-state index is 13.1. The van der Waals surface area contributed by atoms with Gasteiger partial charge in [-0.05, 0) is 31.5 Å². The standard InChI is InChI=1S/C20H24N4O3/c1-14-11-24-18(10-21-20(24)22-8-9-27-13-15(22)2)19(25)23(14)12-16-4-6-17(26-3)7-5-16/h4-7,10-11,15H,8-9,12-13H2,1-3H3/t15-/m0/s1. The fraction of sp³-hybridized carbons (Fsp3) is 0.400. The van der Waals surface area contributed by atoms with Gasteiger partial charge in [0.2, 0.25) is 5.95 Å². The molecule has 1 aliphatic rings. The number of hydrogen-bond donors (Lipinski definition) is 0. The van der Waals surface area contributed by atoms with Crippen LogP contribution in [0.3, 0.4) is 0 Å². The van der Waals surface area contributed by atoms with Crippen molar-refractivity contribution in [1.29, 1.82) is 0 Å². The van der Waals surface area contributed by atoms with Crippen molar-refractivity contribution in [3.8, 4) is 5.75 Å².